The number of carboxylic acids is 1. The number of nitrogens with zero attached hydrogens (tertiary/aromatic N) is 1. The van der Waals surface area contributed by atoms with Crippen molar-refractivity contribution >= 4 is 23.6 Å². The highest BCUT2D eigenvalue weighted by atomic mass is 32.2. The molecule has 2 aliphatic rings. The lowest BCUT2D eigenvalue weighted by Crippen LogP contribution is -2.38. The van der Waals surface area contributed by atoms with Crippen LogP contribution in [0.15, 0.2) is 0 Å². The van der Waals surface area contributed by atoms with E-state index in [4.69, 9.17) is 5.11 Å². The molecule has 0 spiro atoms. The van der Waals surface area contributed by atoms with Crippen LogP contribution in [0.25, 0.3) is 0 Å². The Morgan fingerprint density at radius 2 is 1.89 bits per heavy atom. The van der Waals surface area contributed by atoms with Crippen LogP contribution in [0, 0.1) is 5.92 Å². The van der Waals surface area contributed by atoms with E-state index in [0.29, 0.717) is 12.3 Å². The van der Waals surface area contributed by atoms with Gasteiger partial charge < -0.3 is 10.0 Å². The Labute approximate surface area is 112 Å². The predicted molar refractivity (Wildman–Crippen MR) is 71.7 cm³/mol. The second kappa shape index (κ2) is 6.45. The molecule has 1 unspecified atom stereocenters. The number of carbonyl (C=O) groups is 2. The molecule has 4 nitrogen and oxygen atoms in total. The van der Waals surface area contributed by atoms with Crippen LogP contribution in [-0.4, -0.2) is 46.0 Å². The fourth-order valence-corrected chi connectivity index (χ4v) is 4.10. The third-order valence-corrected chi connectivity index (χ3v) is 4.96. The van der Waals surface area contributed by atoms with Crippen molar-refractivity contribution < 1.29 is 14.7 Å². The Bertz CT molecular complexity index is 315. The summed E-state index contributed by atoms with van der Waals surface area (Å²) < 4.78 is 0. The Hall–Kier alpha value is -0.710. The van der Waals surface area contributed by atoms with E-state index in [1.54, 1.807) is 0 Å². The number of carbonyl (C=O) groups excluding carboxylic acids is 1. The maximum atomic E-state index is 12.2. The molecule has 2 rings (SSSR count). The van der Waals surface area contributed by atoms with Gasteiger partial charge in [0, 0.05) is 19.0 Å². The molecule has 0 saturated carbocycles. The minimum atomic E-state index is -0.797. The molecule has 0 radical (unpaired) electrons. The summed E-state index contributed by atoms with van der Waals surface area (Å²) in [5.41, 5.74) is 0. The summed E-state index contributed by atoms with van der Waals surface area (Å²) in [6.07, 6.45) is 4.79. The van der Waals surface area contributed by atoms with E-state index in [1.165, 1.54) is 0 Å². The maximum Gasteiger partial charge on any atom is 0.305 e. The van der Waals surface area contributed by atoms with Crippen molar-refractivity contribution in [1.29, 1.82) is 0 Å². The van der Waals surface area contributed by atoms with Gasteiger partial charge in [0.1, 0.15) is 0 Å². The highest BCUT2D eigenvalue weighted by molar-refractivity contribution is 7.99. The second-order valence-electron chi connectivity index (χ2n) is 5.24. The van der Waals surface area contributed by atoms with Crippen molar-refractivity contribution in [1.82, 2.24) is 4.90 Å². The largest absolute Gasteiger partial charge is 0.481 e. The molecule has 0 aromatic rings. The van der Waals surface area contributed by atoms with Gasteiger partial charge in [-0.15, -0.1) is 0 Å². The van der Waals surface area contributed by atoms with Crippen molar-refractivity contribution in [2.24, 2.45) is 5.92 Å². The Morgan fingerprint density at radius 1 is 1.17 bits per heavy atom. The number of rotatable bonds is 4. The van der Waals surface area contributed by atoms with Gasteiger partial charge in [-0.2, -0.15) is 11.8 Å². The average molecular weight is 271 g/mol. The third kappa shape index (κ3) is 3.64. The smallest absolute Gasteiger partial charge is 0.305 e. The van der Waals surface area contributed by atoms with Crippen molar-refractivity contribution in [3.63, 3.8) is 0 Å². The van der Waals surface area contributed by atoms with Gasteiger partial charge in [-0.05, 0) is 43.1 Å². The van der Waals surface area contributed by atoms with Crippen LogP contribution in [0.5, 0.6) is 0 Å². The van der Waals surface area contributed by atoms with Crippen LogP contribution in [0.2, 0.25) is 0 Å². The summed E-state index contributed by atoms with van der Waals surface area (Å²) in [6.45, 7) is 0.748. The lowest BCUT2D eigenvalue weighted by atomic mass is 9.98. The topological polar surface area (TPSA) is 57.6 Å². The summed E-state index contributed by atoms with van der Waals surface area (Å²) in [6, 6.07) is -0.0621. The first-order chi connectivity index (χ1) is 8.66. The van der Waals surface area contributed by atoms with Crippen LogP contribution in [-0.2, 0) is 9.59 Å². The zero-order valence-electron chi connectivity index (χ0n) is 10.6. The van der Waals surface area contributed by atoms with E-state index in [0.717, 1.165) is 43.7 Å². The monoisotopic (exact) mass is 271 g/mol. The van der Waals surface area contributed by atoms with Crippen LogP contribution in [0.3, 0.4) is 0 Å². The molecule has 5 heteroatoms. The lowest BCUT2D eigenvalue weighted by molar-refractivity contribution is -0.140. The highest BCUT2D eigenvalue weighted by Crippen LogP contribution is 2.28. The average Bonchev–Trinajstić information content (AvgIpc) is 2.77. The Morgan fingerprint density at radius 3 is 2.56 bits per heavy atom. The number of carboxylic acid groups (broad SMARTS) is 1. The van der Waals surface area contributed by atoms with Crippen molar-refractivity contribution in [2.75, 3.05) is 18.1 Å². The number of hydrogen-bond acceptors (Lipinski definition) is 3. The molecule has 0 bridgehead atoms. The van der Waals surface area contributed by atoms with Gasteiger partial charge in [-0.25, -0.2) is 0 Å². The van der Waals surface area contributed by atoms with Gasteiger partial charge in [-0.3, -0.25) is 9.59 Å². The zero-order chi connectivity index (χ0) is 13.0. The normalized spacial score (nSPS) is 25.3. The molecular formula is C13H21NO3S. The van der Waals surface area contributed by atoms with E-state index in [2.05, 4.69) is 0 Å². The zero-order valence-corrected chi connectivity index (χ0v) is 11.5. The van der Waals surface area contributed by atoms with Gasteiger partial charge >= 0.3 is 5.97 Å². The van der Waals surface area contributed by atoms with Crippen molar-refractivity contribution in [3.8, 4) is 0 Å². The summed E-state index contributed by atoms with van der Waals surface area (Å²) in [4.78, 5) is 24.8. The summed E-state index contributed by atoms with van der Waals surface area (Å²) in [5, 5.41) is 8.85. The molecule has 1 amide bonds. The molecule has 2 saturated heterocycles. The van der Waals surface area contributed by atoms with Crippen LogP contribution in [0.1, 0.15) is 38.5 Å². The molecule has 102 valence electrons. The standard InChI is InChI=1S/C13H21NO3S/c15-12(8-10-3-6-18-7-4-10)14-5-1-2-11(14)9-13(16)17/h10-11H,1-9H2,(H,16,17). The number of amides is 1. The van der Waals surface area contributed by atoms with Gasteiger partial charge in [-0.1, -0.05) is 0 Å². The van der Waals surface area contributed by atoms with Crippen molar-refractivity contribution in [3.05, 3.63) is 0 Å². The van der Waals surface area contributed by atoms with Gasteiger partial charge in [0.15, 0.2) is 0 Å². The number of hydrogen-bond donors (Lipinski definition) is 1. The van der Waals surface area contributed by atoms with Gasteiger partial charge in [0.2, 0.25) is 5.91 Å². The molecular weight excluding hydrogens is 250 g/mol. The molecule has 1 atom stereocenters. The highest BCUT2D eigenvalue weighted by Gasteiger charge is 2.31. The maximum absolute atomic E-state index is 12.2. The van der Waals surface area contributed by atoms with E-state index in [-0.39, 0.29) is 18.4 Å². The third-order valence-electron chi connectivity index (χ3n) is 3.91. The van der Waals surface area contributed by atoms with Gasteiger partial charge in [0.25, 0.3) is 0 Å². The fourth-order valence-electron chi connectivity index (χ4n) is 2.89. The lowest BCUT2D eigenvalue weighted by Gasteiger charge is -2.27. The summed E-state index contributed by atoms with van der Waals surface area (Å²) in [7, 11) is 0. The van der Waals surface area contributed by atoms with E-state index in [9.17, 15) is 9.59 Å². The van der Waals surface area contributed by atoms with Crippen LogP contribution in [0.4, 0.5) is 0 Å². The van der Waals surface area contributed by atoms with E-state index in [1.807, 2.05) is 16.7 Å². The van der Waals surface area contributed by atoms with E-state index >= 15 is 0 Å². The predicted octanol–water partition coefficient (Wildman–Crippen LogP) is 1.99. The second-order valence-corrected chi connectivity index (χ2v) is 6.47. The van der Waals surface area contributed by atoms with Crippen LogP contribution >= 0.6 is 11.8 Å². The molecule has 1 N–H and O–H groups in total. The molecule has 0 aromatic heterocycles. The van der Waals surface area contributed by atoms with Crippen molar-refractivity contribution in [2.45, 2.75) is 44.6 Å². The minimum Gasteiger partial charge on any atom is -0.481 e. The molecule has 18 heavy (non-hydrogen) atoms. The number of thioether (sulfide) groups is 1. The van der Waals surface area contributed by atoms with E-state index < -0.39 is 5.97 Å². The summed E-state index contributed by atoms with van der Waals surface area (Å²) >= 11 is 1.96. The Balaban J connectivity index is 1.84. The quantitative estimate of drug-likeness (QED) is 0.849. The first kappa shape index (κ1) is 13.7. The minimum absolute atomic E-state index is 0.0621. The molecule has 2 aliphatic heterocycles. The molecule has 0 aromatic carbocycles. The fraction of sp³-hybridized carbons (Fsp3) is 0.846. The first-order valence-corrected chi connectivity index (χ1v) is 7.91. The number of aliphatic carboxylic acids is 1. The van der Waals surface area contributed by atoms with Gasteiger partial charge in [0.05, 0.1) is 6.42 Å². The molecule has 2 heterocycles. The molecule has 0 aliphatic carbocycles. The first-order valence-electron chi connectivity index (χ1n) is 6.76. The molecule has 2 fully saturated rings. The Kier molecular flexibility index (Phi) is 4.92. The summed E-state index contributed by atoms with van der Waals surface area (Å²) in [5.74, 6) is 2.22. The van der Waals surface area contributed by atoms with Crippen LogP contribution < -0.4 is 0 Å². The SMILES string of the molecule is O=C(O)CC1CCCN1C(=O)CC1CCSCC1. The number of likely N-dealkylation sites (tertiary alicyclic amines) is 1.